The Morgan fingerprint density at radius 3 is 2.93 bits per heavy atom. The molecule has 1 atom stereocenters. The first kappa shape index (κ1) is 9.02. The van der Waals surface area contributed by atoms with Gasteiger partial charge in [-0.1, -0.05) is 12.1 Å². The SMILES string of the molecule is Oc1cccc([C@@H]2C=CNC(=S)N2)c1. The summed E-state index contributed by atoms with van der Waals surface area (Å²) < 4.78 is 0. The molecule has 0 unspecified atom stereocenters. The third kappa shape index (κ3) is 1.85. The monoisotopic (exact) mass is 206 g/mol. The molecule has 0 bridgehead atoms. The minimum absolute atomic E-state index is 0.0378. The molecule has 1 aliphatic rings. The Kier molecular flexibility index (Phi) is 2.37. The molecule has 72 valence electrons. The number of hydrogen-bond donors (Lipinski definition) is 3. The summed E-state index contributed by atoms with van der Waals surface area (Å²) >= 11 is 4.98. The Morgan fingerprint density at radius 2 is 2.21 bits per heavy atom. The van der Waals surface area contributed by atoms with E-state index in [1.807, 2.05) is 18.2 Å². The van der Waals surface area contributed by atoms with Gasteiger partial charge in [0.15, 0.2) is 5.11 Å². The minimum atomic E-state index is 0.0378. The van der Waals surface area contributed by atoms with Crippen LogP contribution in [0.25, 0.3) is 0 Å². The van der Waals surface area contributed by atoms with Crippen LogP contribution in [0.15, 0.2) is 36.5 Å². The van der Waals surface area contributed by atoms with E-state index in [0.29, 0.717) is 5.11 Å². The summed E-state index contributed by atoms with van der Waals surface area (Å²) in [6.07, 6.45) is 3.75. The van der Waals surface area contributed by atoms with Crippen LogP contribution in [0.5, 0.6) is 5.75 Å². The standard InChI is InChI=1S/C10H10N2OS/c13-8-3-1-2-7(6-8)9-4-5-11-10(14)12-9/h1-6,9,13H,(H2,11,12,14)/t9-/m0/s1. The maximum atomic E-state index is 9.31. The lowest BCUT2D eigenvalue weighted by Crippen LogP contribution is -2.37. The summed E-state index contributed by atoms with van der Waals surface area (Å²) in [4.78, 5) is 0. The summed E-state index contributed by atoms with van der Waals surface area (Å²) in [5.74, 6) is 0.266. The fraction of sp³-hybridized carbons (Fsp3) is 0.100. The van der Waals surface area contributed by atoms with E-state index in [-0.39, 0.29) is 11.8 Å². The summed E-state index contributed by atoms with van der Waals surface area (Å²) in [5, 5.41) is 15.9. The van der Waals surface area contributed by atoms with Crippen LogP contribution in [-0.4, -0.2) is 10.2 Å². The van der Waals surface area contributed by atoms with Crippen molar-refractivity contribution in [3.8, 4) is 5.75 Å². The van der Waals surface area contributed by atoms with Crippen LogP contribution in [0.3, 0.4) is 0 Å². The number of phenolic OH excluding ortho intramolecular Hbond substituents is 1. The smallest absolute Gasteiger partial charge is 0.171 e. The molecule has 1 heterocycles. The normalized spacial score (nSPS) is 20.0. The van der Waals surface area contributed by atoms with Crippen LogP contribution in [0.2, 0.25) is 0 Å². The lowest BCUT2D eigenvalue weighted by molar-refractivity contribution is 0.474. The van der Waals surface area contributed by atoms with E-state index in [0.717, 1.165) is 5.56 Å². The van der Waals surface area contributed by atoms with Gasteiger partial charge in [-0.2, -0.15) is 0 Å². The summed E-state index contributed by atoms with van der Waals surface area (Å²) in [6, 6.07) is 7.15. The van der Waals surface area contributed by atoms with Gasteiger partial charge in [-0.25, -0.2) is 0 Å². The second kappa shape index (κ2) is 3.67. The van der Waals surface area contributed by atoms with Crippen LogP contribution in [0.4, 0.5) is 0 Å². The van der Waals surface area contributed by atoms with Crippen molar-refractivity contribution in [1.82, 2.24) is 10.6 Å². The molecule has 1 aliphatic heterocycles. The van der Waals surface area contributed by atoms with Gasteiger partial charge in [-0.3, -0.25) is 0 Å². The van der Waals surface area contributed by atoms with Gasteiger partial charge in [-0.15, -0.1) is 0 Å². The second-order valence-corrected chi connectivity index (χ2v) is 3.46. The van der Waals surface area contributed by atoms with Gasteiger partial charge < -0.3 is 15.7 Å². The molecule has 4 heteroatoms. The van der Waals surface area contributed by atoms with Gasteiger partial charge in [0.25, 0.3) is 0 Å². The Labute approximate surface area is 87.4 Å². The molecular weight excluding hydrogens is 196 g/mol. The first-order valence-corrected chi connectivity index (χ1v) is 4.69. The summed E-state index contributed by atoms with van der Waals surface area (Å²) in [5.41, 5.74) is 0.991. The molecule has 0 aliphatic carbocycles. The van der Waals surface area contributed by atoms with Crippen molar-refractivity contribution in [2.24, 2.45) is 0 Å². The number of nitrogens with one attached hydrogen (secondary N) is 2. The van der Waals surface area contributed by atoms with Gasteiger partial charge in [0, 0.05) is 6.20 Å². The Hall–Kier alpha value is -1.55. The zero-order chi connectivity index (χ0) is 9.97. The summed E-state index contributed by atoms with van der Waals surface area (Å²) in [7, 11) is 0. The fourth-order valence-electron chi connectivity index (χ4n) is 1.36. The van der Waals surface area contributed by atoms with E-state index >= 15 is 0 Å². The zero-order valence-corrected chi connectivity index (χ0v) is 8.21. The van der Waals surface area contributed by atoms with Crippen LogP contribution in [0.1, 0.15) is 11.6 Å². The van der Waals surface area contributed by atoms with E-state index in [2.05, 4.69) is 10.6 Å². The van der Waals surface area contributed by atoms with Crippen LogP contribution in [0, 0.1) is 0 Å². The lowest BCUT2D eigenvalue weighted by atomic mass is 10.1. The van der Waals surface area contributed by atoms with Crippen LogP contribution < -0.4 is 10.6 Å². The molecule has 0 fully saturated rings. The van der Waals surface area contributed by atoms with Crippen molar-refractivity contribution in [3.05, 3.63) is 42.1 Å². The Balaban J connectivity index is 2.26. The van der Waals surface area contributed by atoms with Gasteiger partial charge in [0.2, 0.25) is 0 Å². The third-order valence-corrected chi connectivity index (χ3v) is 2.25. The fourth-order valence-corrected chi connectivity index (χ4v) is 1.56. The highest BCUT2D eigenvalue weighted by Crippen LogP contribution is 2.20. The topological polar surface area (TPSA) is 44.3 Å². The van der Waals surface area contributed by atoms with Gasteiger partial charge in [0.1, 0.15) is 5.75 Å². The first-order chi connectivity index (χ1) is 6.75. The molecule has 0 spiro atoms. The highest BCUT2D eigenvalue weighted by atomic mass is 32.1. The van der Waals surface area contributed by atoms with Crippen molar-refractivity contribution in [3.63, 3.8) is 0 Å². The molecule has 3 nitrogen and oxygen atoms in total. The van der Waals surface area contributed by atoms with E-state index in [1.54, 1.807) is 18.3 Å². The molecule has 0 aromatic heterocycles. The van der Waals surface area contributed by atoms with Gasteiger partial charge in [0.05, 0.1) is 6.04 Å². The maximum absolute atomic E-state index is 9.31. The molecule has 0 radical (unpaired) electrons. The number of phenols is 1. The first-order valence-electron chi connectivity index (χ1n) is 4.28. The molecule has 0 amide bonds. The van der Waals surface area contributed by atoms with E-state index < -0.39 is 0 Å². The van der Waals surface area contributed by atoms with Crippen molar-refractivity contribution < 1.29 is 5.11 Å². The number of hydrogen-bond acceptors (Lipinski definition) is 2. The van der Waals surface area contributed by atoms with E-state index in [1.165, 1.54) is 0 Å². The molecular formula is C10H10N2OS. The zero-order valence-electron chi connectivity index (χ0n) is 7.40. The quantitative estimate of drug-likeness (QED) is 0.608. The highest BCUT2D eigenvalue weighted by molar-refractivity contribution is 7.80. The van der Waals surface area contributed by atoms with E-state index in [9.17, 15) is 5.11 Å². The van der Waals surface area contributed by atoms with E-state index in [4.69, 9.17) is 12.2 Å². The Morgan fingerprint density at radius 1 is 1.36 bits per heavy atom. The molecule has 3 N–H and O–H groups in total. The molecule has 0 saturated heterocycles. The predicted molar refractivity (Wildman–Crippen MR) is 58.9 cm³/mol. The Bertz CT molecular complexity index is 389. The predicted octanol–water partition coefficient (Wildman–Crippen LogP) is 1.42. The average Bonchev–Trinajstić information content (AvgIpc) is 2.18. The molecule has 1 aromatic carbocycles. The number of thiocarbonyl (C=S) groups is 1. The van der Waals surface area contributed by atoms with Crippen LogP contribution >= 0.6 is 12.2 Å². The average molecular weight is 206 g/mol. The maximum Gasteiger partial charge on any atom is 0.171 e. The third-order valence-electron chi connectivity index (χ3n) is 2.02. The number of benzene rings is 1. The second-order valence-electron chi connectivity index (χ2n) is 3.05. The van der Waals surface area contributed by atoms with Crippen LogP contribution in [-0.2, 0) is 0 Å². The summed E-state index contributed by atoms with van der Waals surface area (Å²) in [6.45, 7) is 0. The molecule has 14 heavy (non-hydrogen) atoms. The lowest BCUT2D eigenvalue weighted by Gasteiger charge is -2.21. The van der Waals surface area contributed by atoms with Crippen molar-refractivity contribution in [2.45, 2.75) is 6.04 Å². The van der Waals surface area contributed by atoms with Gasteiger partial charge >= 0.3 is 0 Å². The van der Waals surface area contributed by atoms with Gasteiger partial charge in [-0.05, 0) is 36.0 Å². The highest BCUT2D eigenvalue weighted by Gasteiger charge is 2.12. The van der Waals surface area contributed by atoms with Crippen molar-refractivity contribution in [2.75, 3.05) is 0 Å². The number of aromatic hydroxyl groups is 1. The van der Waals surface area contributed by atoms with Crippen molar-refractivity contribution in [1.29, 1.82) is 0 Å². The molecule has 1 aromatic rings. The largest absolute Gasteiger partial charge is 0.508 e. The molecule has 0 saturated carbocycles. The minimum Gasteiger partial charge on any atom is -0.508 e. The molecule has 2 rings (SSSR count). The number of rotatable bonds is 1. The van der Waals surface area contributed by atoms with Crippen molar-refractivity contribution >= 4 is 17.3 Å².